The Kier molecular flexibility index (Phi) is 3.87. The van der Waals surface area contributed by atoms with E-state index in [4.69, 9.17) is 5.84 Å². The number of anilines is 2. The molecule has 6 nitrogen and oxygen atoms in total. The lowest BCUT2D eigenvalue weighted by Gasteiger charge is -2.07. The monoisotopic (exact) mass is 271 g/mol. The molecule has 2 heterocycles. The maximum absolute atomic E-state index is 11.0. The molecule has 0 saturated heterocycles. The second kappa shape index (κ2) is 5.39. The number of nitrogens with zero attached hydrogens (tertiary/aromatic N) is 2. The average molecular weight is 271 g/mol. The van der Waals surface area contributed by atoms with Gasteiger partial charge in [0.15, 0.2) is 0 Å². The Morgan fingerprint density at radius 3 is 3.06 bits per heavy atom. The maximum Gasteiger partial charge on any atom is 0.240 e. The van der Waals surface area contributed by atoms with Gasteiger partial charge in [0.1, 0.15) is 10.6 Å². The van der Waals surface area contributed by atoms with Crippen LogP contribution in [-0.2, 0) is 10.8 Å². The maximum atomic E-state index is 11.0. The van der Waals surface area contributed by atoms with E-state index in [-0.39, 0.29) is 0 Å². The number of rotatable bonds is 5. The third-order valence-corrected chi connectivity index (χ3v) is 3.72. The van der Waals surface area contributed by atoms with E-state index < -0.39 is 10.8 Å². The first-order valence-electron chi connectivity index (χ1n) is 4.96. The molecule has 2 rings (SSSR count). The highest BCUT2D eigenvalue weighted by atomic mass is 32.2. The van der Waals surface area contributed by atoms with Crippen LogP contribution in [0.4, 0.5) is 11.8 Å². The van der Waals surface area contributed by atoms with Gasteiger partial charge < -0.3 is 5.32 Å². The van der Waals surface area contributed by atoms with Crippen molar-refractivity contribution in [2.75, 3.05) is 29.3 Å². The van der Waals surface area contributed by atoms with Crippen LogP contribution in [0.15, 0.2) is 11.4 Å². The summed E-state index contributed by atoms with van der Waals surface area (Å²) in [6, 6.07) is 1.95. The molecule has 0 aromatic carbocycles. The van der Waals surface area contributed by atoms with E-state index in [0.29, 0.717) is 18.2 Å². The van der Waals surface area contributed by atoms with E-state index in [0.717, 1.165) is 16.0 Å². The minimum atomic E-state index is -0.814. The van der Waals surface area contributed by atoms with Crippen LogP contribution < -0.4 is 16.6 Å². The van der Waals surface area contributed by atoms with Crippen LogP contribution in [0.5, 0.6) is 0 Å². The van der Waals surface area contributed by atoms with Crippen molar-refractivity contribution in [3.8, 4) is 0 Å². The lowest BCUT2D eigenvalue weighted by molar-refractivity contribution is 0.687. The Morgan fingerprint density at radius 1 is 1.53 bits per heavy atom. The molecule has 1 unspecified atom stereocenters. The molecule has 0 radical (unpaired) electrons. The lowest BCUT2D eigenvalue weighted by atomic mass is 10.4. The highest BCUT2D eigenvalue weighted by Crippen LogP contribution is 2.25. The smallest absolute Gasteiger partial charge is 0.240 e. The van der Waals surface area contributed by atoms with E-state index >= 15 is 0 Å². The summed E-state index contributed by atoms with van der Waals surface area (Å²) in [6.45, 7) is 0.606. The minimum absolute atomic E-state index is 0.375. The standard InChI is InChI=1S/C9H13N5OS2/c1-17(15)5-3-11-7-6-2-4-16-8(6)13-9(12-7)14-10/h2,4H,3,5,10H2,1H3,(H2,11,12,13,14). The first kappa shape index (κ1) is 12.2. The topological polar surface area (TPSA) is 92.9 Å². The van der Waals surface area contributed by atoms with Gasteiger partial charge in [-0.1, -0.05) is 0 Å². The van der Waals surface area contributed by atoms with Crippen LogP contribution >= 0.6 is 11.3 Å². The molecule has 0 aliphatic carbocycles. The number of fused-ring (bicyclic) bond motifs is 1. The summed E-state index contributed by atoms with van der Waals surface area (Å²) in [6.07, 6.45) is 1.68. The third-order valence-electron chi connectivity index (χ3n) is 2.14. The lowest BCUT2D eigenvalue weighted by Crippen LogP contribution is -2.14. The van der Waals surface area contributed by atoms with Crippen LogP contribution in [-0.4, -0.2) is 32.7 Å². The molecule has 0 fully saturated rings. The quantitative estimate of drug-likeness (QED) is 0.549. The predicted molar refractivity (Wildman–Crippen MR) is 72.6 cm³/mol. The molecule has 0 spiro atoms. The van der Waals surface area contributed by atoms with Crippen molar-refractivity contribution in [3.05, 3.63) is 11.4 Å². The van der Waals surface area contributed by atoms with Gasteiger partial charge in [-0.25, -0.2) is 10.8 Å². The predicted octanol–water partition coefficient (Wildman–Crippen LogP) is 0.767. The van der Waals surface area contributed by atoms with Crippen molar-refractivity contribution in [3.63, 3.8) is 0 Å². The number of nitrogens with one attached hydrogen (secondary N) is 2. The van der Waals surface area contributed by atoms with Gasteiger partial charge in [-0.15, -0.1) is 11.3 Å². The summed E-state index contributed by atoms with van der Waals surface area (Å²) in [4.78, 5) is 9.34. The summed E-state index contributed by atoms with van der Waals surface area (Å²) in [7, 11) is -0.814. The van der Waals surface area contributed by atoms with Crippen LogP contribution in [0.1, 0.15) is 0 Å². The number of nitrogen functional groups attached to an aromatic ring is 1. The van der Waals surface area contributed by atoms with Gasteiger partial charge in [-0.05, 0) is 11.4 Å². The van der Waals surface area contributed by atoms with E-state index in [9.17, 15) is 4.21 Å². The molecule has 0 amide bonds. The number of hydrogen-bond donors (Lipinski definition) is 3. The number of nitrogens with two attached hydrogens (primary N) is 1. The second-order valence-electron chi connectivity index (χ2n) is 3.38. The molecule has 4 N–H and O–H groups in total. The molecule has 1 atom stereocenters. The summed E-state index contributed by atoms with van der Waals surface area (Å²) in [5.41, 5.74) is 2.43. The zero-order chi connectivity index (χ0) is 12.3. The largest absolute Gasteiger partial charge is 0.368 e. The fraction of sp³-hybridized carbons (Fsp3) is 0.333. The van der Waals surface area contributed by atoms with Crippen molar-refractivity contribution in [1.82, 2.24) is 9.97 Å². The Labute approximate surface area is 105 Å². The van der Waals surface area contributed by atoms with Gasteiger partial charge in [0.2, 0.25) is 5.95 Å². The Hall–Kier alpha value is -1.25. The normalized spacial score (nSPS) is 12.6. The summed E-state index contributed by atoms with van der Waals surface area (Å²) < 4.78 is 11.0. The van der Waals surface area contributed by atoms with E-state index in [1.54, 1.807) is 6.26 Å². The van der Waals surface area contributed by atoms with Gasteiger partial charge in [-0.2, -0.15) is 4.98 Å². The van der Waals surface area contributed by atoms with Crippen molar-refractivity contribution in [1.29, 1.82) is 0 Å². The van der Waals surface area contributed by atoms with Gasteiger partial charge in [0.25, 0.3) is 0 Å². The first-order valence-corrected chi connectivity index (χ1v) is 7.57. The number of aromatic nitrogens is 2. The number of hydrazine groups is 1. The SMILES string of the molecule is CS(=O)CCNc1nc(NN)nc2sccc12. The average Bonchev–Trinajstić information content (AvgIpc) is 2.76. The molecule has 17 heavy (non-hydrogen) atoms. The van der Waals surface area contributed by atoms with Crippen molar-refractivity contribution < 1.29 is 4.21 Å². The fourth-order valence-corrected chi connectivity index (χ4v) is 2.52. The van der Waals surface area contributed by atoms with Crippen molar-refractivity contribution >= 4 is 44.1 Å². The Bertz CT molecular complexity index is 541. The van der Waals surface area contributed by atoms with Crippen LogP contribution in [0, 0.1) is 0 Å². The van der Waals surface area contributed by atoms with Gasteiger partial charge in [-0.3, -0.25) is 9.63 Å². The summed E-state index contributed by atoms with van der Waals surface area (Å²) in [5, 5.41) is 6.05. The van der Waals surface area contributed by atoms with Crippen molar-refractivity contribution in [2.24, 2.45) is 5.84 Å². The summed E-state index contributed by atoms with van der Waals surface area (Å²) >= 11 is 1.52. The zero-order valence-corrected chi connectivity index (χ0v) is 10.9. The van der Waals surface area contributed by atoms with E-state index in [1.165, 1.54) is 11.3 Å². The first-order chi connectivity index (χ1) is 8.20. The van der Waals surface area contributed by atoms with Gasteiger partial charge in [0.05, 0.1) is 5.39 Å². The summed E-state index contributed by atoms with van der Waals surface area (Å²) in [5.74, 6) is 6.99. The van der Waals surface area contributed by atoms with Crippen molar-refractivity contribution in [2.45, 2.75) is 0 Å². The van der Waals surface area contributed by atoms with E-state index in [2.05, 4.69) is 20.7 Å². The number of thiophene rings is 1. The zero-order valence-electron chi connectivity index (χ0n) is 9.27. The molecular weight excluding hydrogens is 258 g/mol. The van der Waals surface area contributed by atoms with E-state index in [1.807, 2.05) is 11.4 Å². The highest BCUT2D eigenvalue weighted by molar-refractivity contribution is 7.84. The van der Waals surface area contributed by atoms with Gasteiger partial charge in [0, 0.05) is 29.4 Å². The molecular formula is C9H13N5OS2. The fourth-order valence-electron chi connectivity index (χ4n) is 1.37. The van der Waals surface area contributed by atoms with Crippen LogP contribution in [0.2, 0.25) is 0 Å². The molecule has 92 valence electrons. The molecule has 8 heteroatoms. The van der Waals surface area contributed by atoms with Crippen LogP contribution in [0.3, 0.4) is 0 Å². The third kappa shape index (κ3) is 2.90. The molecule has 0 saturated carbocycles. The molecule has 2 aromatic heterocycles. The molecule has 0 aliphatic rings. The molecule has 2 aromatic rings. The second-order valence-corrected chi connectivity index (χ2v) is 5.83. The highest BCUT2D eigenvalue weighted by Gasteiger charge is 2.07. The number of hydrogen-bond acceptors (Lipinski definition) is 7. The Morgan fingerprint density at radius 2 is 2.35 bits per heavy atom. The molecule has 0 bridgehead atoms. The van der Waals surface area contributed by atoms with Gasteiger partial charge >= 0.3 is 0 Å². The van der Waals surface area contributed by atoms with Crippen LogP contribution in [0.25, 0.3) is 10.2 Å². The minimum Gasteiger partial charge on any atom is -0.368 e. The molecule has 0 aliphatic heterocycles. The Balaban J connectivity index is 2.24.